The molecule has 0 atom stereocenters. The van der Waals surface area contributed by atoms with Crippen LogP contribution >= 0.6 is 11.3 Å². The van der Waals surface area contributed by atoms with Gasteiger partial charge in [0.1, 0.15) is 12.4 Å². The van der Waals surface area contributed by atoms with E-state index in [1.165, 1.54) is 41.5 Å². The number of hydrogen-bond acceptors (Lipinski definition) is 7. The molecule has 2 aromatic heterocycles. The number of carbonyl (C=O) groups excluding carboxylic acids is 1. The third-order valence-corrected chi connectivity index (χ3v) is 5.79. The minimum absolute atomic E-state index is 0.0119. The quantitative estimate of drug-likeness (QED) is 0.578. The van der Waals surface area contributed by atoms with Crippen LogP contribution in [-0.4, -0.2) is 49.2 Å². The summed E-state index contributed by atoms with van der Waals surface area (Å²) in [5.74, 6) is -0.469. The number of rotatable bonds is 7. The second kappa shape index (κ2) is 8.07. The molecule has 1 aromatic carbocycles. The third-order valence-electron chi connectivity index (χ3n) is 3.78. The monoisotopic (exact) mass is 424 g/mol. The first kappa shape index (κ1) is 20.0. The Bertz CT molecular complexity index is 1070. The third kappa shape index (κ3) is 4.73. The summed E-state index contributed by atoms with van der Waals surface area (Å²) >= 11 is 1.45. The van der Waals surface area contributed by atoms with Gasteiger partial charge in [-0.1, -0.05) is 17.3 Å². The van der Waals surface area contributed by atoms with E-state index in [-0.39, 0.29) is 18.1 Å². The Morgan fingerprint density at radius 2 is 2.07 bits per heavy atom. The molecule has 0 spiro atoms. The highest BCUT2D eigenvalue weighted by Gasteiger charge is 2.24. The van der Waals surface area contributed by atoms with Crippen molar-refractivity contribution in [3.05, 3.63) is 53.5 Å². The number of benzene rings is 1. The Hall–Kier alpha value is -2.79. The molecule has 0 N–H and O–H groups in total. The van der Waals surface area contributed by atoms with E-state index in [0.717, 1.165) is 21.5 Å². The van der Waals surface area contributed by atoms with Crippen LogP contribution in [0.25, 0.3) is 10.7 Å². The molecule has 28 heavy (non-hydrogen) atoms. The van der Waals surface area contributed by atoms with Crippen LogP contribution in [-0.2, 0) is 21.4 Å². The molecule has 0 aliphatic rings. The molecule has 0 unspecified atom stereocenters. The van der Waals surface area contributed by atoms with Gasteiger partial charge in [0, 0.05) is 7.05 Å². The lowest BCUT2D eigenvalue weighted by molar-refractivity contribution is -0.129. The summed E-state index contributed by atoms with van der Waals surface area (Å²) in [7, 11) is -2.30. The lowest BCUT2D eigenvalue weighted by Gasteiger charge is -2.24. The van der Waals surface area contributed by atoms with Gasteiger partial charge in [-0.05, 0) is 29.6 Å². The average Bonchev–Trinajstić information content (AvgIpc) is 3.29. The summed E-state index contributed by atoms with van der Waals surface area (Å²) in [6, 6.07) is 8.75. The molecule has 148 valence electrons. The van der Waals surface area contributed by atoms with Gasteiger partial charge < -0.3 is 9.42 Å². The van der Waals surface area contributed by atoms with Crippen molar-refractivity contribution in [1.29, 1.82) is 0 Å². The highest BCUT2D eigenvalue weighted by atomic mass is 32.2. The van der Waals surface area contributed by atoms with Gasteiger partial charge in [0.2, 0.25) is 27.6 Å². The lowest BCUT2D eigenvalue weighted by atomic mass is 10.3. The normalized spacial score (nSPS) is 11.4. The van der Waals surface area contributed by atoms with Crippen molar-refractivity contribution < 1.29 is 22.1 Å². The Kier molecular flexibility index (Phi) is 5.75. The van der Waals surface area contributed by atoms with E-state index in [2.05, 4.69) is 10.1 Å². The summed E-state index contributed by atoms with van der Waals surface area (Å²) in [4.78, 5) is 18.9. The first-order valence-electron chi connectivity index (χ1n) is 8.08. The van der Waals surface area contributed by atoms with Crippen molar-refractivity contribution in [3.63, 3.8) is 0 Å². The molecular formula is C17H17FN4O4S2. The number of thiophene rings is 1. The Morgan fingerprint density at radius 1 is 1.29 bits per heavy atom. The standard InChI is InChI=1S/C17H17FN4O4S2/c1-21(10-15-19-17(20-26-15)14-7-4-8-27-14)16(23)11-22(28(2,24)25)13-6-3-5-12(18)9-13/h3-9H,10-11H2,1-2H3. The van der Waals surface area contributed by atoms with Gasteiger partial charge in [-0.15, -0.1) is 11.3 Å². The van der Waals surface area contributed by atoms with Crippen LogP contribution in [0.3, 0.4) is 0 Å². The fourth-order valence-corrected chi connectivity index (χ4v) is 3.88. The van der Waals surface area contributed by atoms with Crippen LogP contribution in [0.5, 0.6) is 0 Å². The first-order valence-corrected chi connectivity index (χ1v) is 10.8. The maximum Gasteiger partial charge on any atom is 0.246 e. The van der Waals surface area contributed by atoms with E-state index >= 15 is 0 Å². The number of carbonyl (C=O) groups is 1. The number of sulfonamides is 1. The zero-order valence-electron chi connectivity index (χ0n) is 15.1. The number of amides is 1. The molecule has 0 bridgehead atoms. The minimum Gasteiger partial charge on any atom is -0.337 e. The van der Waals surface area contributed by atoms with Crippen LogP contribution in [0, 0.1) is 5.82 Å². The van der Waals surface area contributed by atoms with Crippen LogP contribution in [0.4, 0.5) is 10.1 Å². The van der Waals surface area contributed by atoms with Gasteiger partial charge >= 0.3 is 0 Å². The largest absolute Gasteiger partial charge is 0.337 e. The molecule has 0 radical (unpaired) electrons. The molecule has 3 aromatic rings. The topological polar surface area (TPSA) is 96.6 Å². The Balaban J connectivity index is 1.71. The molecule has 11 heteroatoms. The summed E-state index contributed by atoms with van der Waals surface area (Å²) in [6.45, 7) is -0.470. The molecular weight excluding hydrogens is 407 g/mol. The summed E-state index contributed by atoms with van der Waals surface area (Å²) in [5.41, 5.74) is 0.0713. The van der Waals surface area contributed by atoms with Crippen molar-refractivity contribution in [1.82, 2.24) is 15.0 Å². The van der Waals surface area contributed by atoms with E-state index in [1.807, 2.05) is 17.5 Å². The van der Waals surface area contributed by atoms with Crippen LogP contribution in [0.15, 0.2) is 46.3 Å². The number of aromatic nitrogens is 2. The number of anilines is 1. The van der Waals surface area contributed by atoms with Gasteiger partial charge in [-0.2, -0.15) is 4.98 Å². The van der Waals surface area contributed by atoms with Crippen molar-refractivity contribution in [3.8, 4) is 10.7 Å². The summed E-state index contributed by atoms with van der Waals surface area (Å²) < 4.78 is 43.6. The van der Waals surface area contributed by atoms with Crippen molar-refractivity contribution in [2.45, 2.75) is 6.54 Å². The van der Waals surface area contributed by atoms with Gasteiger partial charge in [0.05, 0.1) is 23.4 Å². The lowest BCUT2D eigenvalue weighted by Crippen LogP contribution is -2.41. The summed E-state index contributed by atoms with van der Waals surface area (Å²) in [6.07, 6.45) is 0.955. The van der Waals surface area contributed by atoms with Crippen molar-refractivity contribution >= 4 is 33.0 Å². The number of nitrogens with zero attached hydrogens (tertiary/aromatic N) is 4. The number of likely N-dealkylation sites (N-methyl/N-ethyl adjacent to an activating group) is 1. The Labute approximate surface area is 165 Å². The van der Waals surface area contributed by atoms with Crippen LogP contribution in [0.1, 0.15) is 5.89 Å². The molecule has 2 heterocycles. The average molecular weight is 424 g/mol. The zero-order chi connectivity index (χ0) is 20.3. The van der Waals surface area contributed by atoms with Gasteiger partial charge in [-0.25, -0.2) is 12.8 Å². The smallest absolute Gasteiger partial charge is 0.246 e. The molecule has 0 aliphatic heterocycles. The molecule has 1 amide bonds. The van der Waals surface area contributed by atoms with Gasteiger partial charge in [0.15, 0.2) is 0 Å². The molecule has 0 saturated carbocycles. The number of halogens is 1. The molecule has 3 rings (SSSR count). The van der Waals surface area contributed by atoms with Crippen LogP contribution < -0.4 is 4.31 Å². The maximum absolute atomic E-state index is 13.5. The van der Waals surface area contributed by atoms with Crippen molar-refractivity contribution in [2.75, 3.05) is 24.2 Å². The highest BCUT2D eigenvalue weighted by Crippen LogP contribution is 2.22. The summed E-state index contributed by atoms with van der Waals surface area (Å²) in [5, 5.41) is 5.75. The van der Waals surface area contributed by atoms with E-state index in [9.17, 15) is 17.6 Å². The predicted molar refractivity (Wildman–Crippen MR) is 103 cm³/mol. The van der Waals surface area contributed by atoms with E-state index < -0.39 is 28.3 Å². The fourth-order valence-electron chi connectivity index (χ4n) is 2.39. The predicted octanol–water partition coefficient (Wildman–Crippen LogP) is 2.36. The first-order chi connectivity index (χ1) is 13.2. The molecule has 0 saturated heterocycles. The van der Waals surface area contributed by atoms with E-state index in [0.29, 0.717) is 5.82 Å². The fraction of sp³-hybridized carbons (Fsp3) is 0.235. The van der Waals surface area contributed by atoms with Crippen LogP contribution in [0.2, 0.25) is 0 Å². The SMILES string of the molecule is CN(Cc1nc(-c2cccs2)no1)C(=O)CN(c1cccc(F)c1)S(C)(=O)=O. The molecule has 0 aliphatic carbocycles. The molecule has 8 nitrogen and oxygen atoms in total. The van der Waals surface area contributed by atoms with Gasteiger partial charge in [0.25, 0.3) is 0 Å². The van der Waals surface area contributed by atoms with Gasteiger partial charge in [-0.3, -0.25) is 9.10 Å². The zero-order valence-corrected chi connectivity index (χ0v) is 16.7. The van der Waals surface area contributed by atoms with Crippen molar-refractivity contribution in [2.24, 2.45) is 0 Å². The number of hydrogen-bond donors (Lipinski definition) is 0. The Morgan fingerprint density at radius 3 is 2.71 bits per heavy atom. The second-order valence-electron chi connectivity index (χ2n) is 5.99. The van der Waals surface area contributed by atoms with E-state index in [4.69, 9.17) is 4.52 Å². The highest BCUT2D eigenvalue weighted by molar-refractivity contribution is 7.92. The second-order valence-corrected chi connectivity index (χ2v) is 8.84. The minimum atomic E-state index is -3.79. The molecule has 0 fully saturated rings. The maximum atomic E-state index is 13.5. The van der Waals surface area contributed by atoms with E-state index in [1.54, 1.807) is 0 Å².